The Balaban J connectivity index is 0.000000858. The molecule has 4 aromatic heterocycles. The lowest BCUT2D eigenvalue weighted by molar-refractivity contribution is -0.0731. The molecule has 9 heteroatoms. The number of pyridine rings is 3. The first-order valence-electron chi connectivity index (χ1n) is 9.32. The van der Waals surface area contributed by atoms with E-state index in [1.54, 1.807) is 22.9 Å². The van der Waals surface area contributed by atoms with E-state index in [0.717, 1.165) is 5.69 Å². The molecule has 0 aliphatic carbocycles. The van der Waals surface area contributed by atoms with Gasteiger partial charge in [-0.2, -0.15) is 13.9 Å². The molecule has 0 atom stereocenters. The Morgan fingerprint density at radius 2 is 1.90 bits per heavy atom. The Labute approximate surface area is 178 Å². The molecular formula is C22H21F2N5O2. The molecule has 0 radical (unpaired) electrons. The van der Waals surface area contributed by atoms with Crippen LogP contribution in [0, 0.1) is 0 Å². The third-order valence-electron chi connectivity index (χ3n) is 4.00. The van der Waals surface area contributed by atoms with E-state index < -0.39 is 18.2 Å². The molecule has 4 aromatic rings. The predicted molar refractivity (Wildman–Crippen MR) is 112 cm³/mol. The summed E-state index contributed by atoms with van der Waals surface area (Å²) in [6.07, 6.45) is 6.01. The Kier molecular flexibility index (Phi) is 6.99. The molecule has 0 amide bonds. The summed E-state index contributed by atoms with van der Waals surface area (Å²) in [6, 6.07) is 11.8. The molecule has 4 heterocycles. The predicted octanol–water partition coefficient (Wildman–Crippen LogP) is 4.91. The minimum Gasteiger partial charge on any atom is -0.437 e. The third-order valence-corrected chi connectivity index (χ3v) is 4.00. The summed E-state index contributed by atoms with van der Waals surface area (Å²) >= 11 is 0. The molecule has 31 heavy (non-hydrogen) atoms. The van der Waals surface area contributed by atoms with Crippen LogP contribution in [0.3, 0.4) is 0 Å². The Morgan fingerprint density at radius 1 is 1.10 bits per heavy atom. The van der Waals surface area contributed by atoms with Gasteiger partial charge in [0.2, 0.25) is 5.88 Å². The standard InChI is InChI=1S/C19H15F2N5O2.C3H6/c1-27-11-19(20,21)16-8-7-13(10-23-16)28-18-14(4-3-9-22-18)15-5-2-6-17-24-12-25-26(15)17;1-3-2/h2-10,12H,11H2,1H3;3H,1H2,2H3. The van der Waals surface area contributed by atoms with Crippen LogP contribution >= 0.6 is 0 Å². The number of rotatable bonds is 6. The highest BCUT2D eigenvalue weighted by atomic mass is 19.3. The fourth-order valence-electron chi connectivity index (χ4n) is 2.74. The zero-order valence-electron chi connectivity index (χ0n) is 17.1. The molecule has 4 rings (SSSR count). The third kappa shape index (κ3) is 5.07. The van der Waals surface area contributed by atoms with E-state index in [1.807, 2.05) is 31.2 Å². The quantitative estimate of drug-likeness (QED) is 0.409. The first-order valence-corrected chi connectivity index (χ1v) is 9.32. The van der Waals surface area contributed by atoms with Gasteiger partial charge >= 0.3 is 5.92 Å². The van der Waals surface area contributed by atoms with Gasteiger partial charge in [0, 0.05) is 13.3 Å². The second-order valence-electron chi connectivity index (χ2n) is 6.32. The normalized spacial score (nSPS) is 11.0. The molecule has 0 aromatic carbocycles. The van der Waals surface area contributed by atoms with E-state index >= 15 is 0 Å². The maximum atomic E-state index is 13.9. The number of halogens is 2. The van der Waals surface area contributed by atoms with Gasteiger partial charge in [0.1, 0.15) is 24.4 Å². The number of ether oxygens (including phenoxy) is 2. The summed E-state index contributed by atoms with van der Waals surface area (Å²) in [5, 5.41) is 4.21. The molecule has 0 unspecified atom stereocenters. The van der Waals surface area contributed by atoms with Crippen molar-refractivity contribution in [3.63, 3.8) is 0 Å². The van der Waals surface area contributed by atoms with E-state index in [4.69, 9.17) is 4.74 Å². The van der Waals surface area contributed by atoms with Gasteiger partial charge in [-0.25, -0.2) is 14.5 Å². The van der Waals surface area contributed by atoms with Crippen LogP contribution in [-0.2, 0) is 10.7 Å². The van der Waals surface area contributed by atoms with Crippen LogP contribution in [-0.4, -0.2) is 38.3 Å². The summed E-state index contributed by atoms with van der Waals surface area (Å²) in [7, 11) is 1.21. The lowest BCUT2D eigenvalue weighted by Gasteiger charge is -2.15. The SMILES string of the molecule is C=CC.COCC(F)(F)c1ccc(Oc2ncccc2-c2cccc3ncnn23)cn1. The Bertz CT molecular complexity index is 1150. The fraction of sp³-hybridized carbons (Fsp3) is 0.182. The van der Waals surface area contributed by atoms with Crippen molar-refractivity contribution in [2.75, 3.05) is 13.7 Å². The zero-order valence-corrected chi connectivity index (χ0v) is 17.1. The topological polar surface area (TPSA) is 74.4 Å². The van der Waals surface area contributed by atoms with Gasteiger partial charge in [-0.05, 0) is 43.3 Å². The molecule has 160 valence electrons. The highest BCUT2D eigenvalue weighted by Crippen LogP contribution is 2.32. The summed E-state index contributed by atoms with van der Waals surface area (Å²) in [6.45, 7) is 4.51. The molecular weight excluding hydrogens is 404 g/mol. The number of nitrogens with zero attached hydrogens (tertiary/aromatic N) is 5. The number of hydrogen-bond acceptors (Lipinski definition) is 6. The number of aromatic nitrogens is 5. The smallest absolute Gasteiger partial charge is 0.312 e. The number of methoxy groups -OCH3 is 1. The minimum absolute atomic E-state index is 0.280. The van der Waals surface area contributed by atoms with Crippen LogP contribution in [0.5, 0.6) is 11.6 Å². The molecule has 0 bridgehead atoms. The van der Waals surface area contributed by atoms with E-state index in [9.17, 15) is 8.78 Å². The van der Waals surface area contributed by atoms with Crippen LogP contribution in [0.4, 0.5) is 8.78 Å². The second kappa shape index (κ2) is 9.86. The summed E-state index contributed by atoms with van der Waals surface area (Å²) < 4.78 is 39.7. The Hall–Kier alpha value is -3.72. The van der Waals surface area contributed by atoms with Gasteiger partial charge in [0.05, 0.1) is 17.5 Å². The van der Waals surface area contributed by atoms with Crippen molar-refractivity contribution in [2.24, 2.45) is 0 Å². The van der Waals surface area contributed by atoms with Crippen molar-refractivity contribution in [2.45, 2.75) is 12.8 Å². The van der Waals surface area contributed by atoms with E-state index in [-0.39, 0.29) is 5.75 Å². The Morgan fingerprint density at radius 3 is 2.61 bits per heavy atom. The number of alkyl halides is 2. The summed E-state index contributed by atoms with van der Waals surface area (Å²) in [5.41, 5.74) is 1.69. The van der Waals surface area contributed by atoms with Gasteiger partial charge in [0.25, 0.3) is 0 Å². The summed E-state index contributed by atoms with van der Waals surface area (Å²) in [4.78, 5) is 12.2. The lowest BCUT2D eigenvalue weighted by atomic mass is 10.2. The lowest BCUT2D eigenvalue weighted by Crippen LogP contribution is -2.21. The van der Waals surface area contributed by atoms with Crippen molar-refractivity contribution in [3.8, 4) is 22.9 Å². The largest absolute Gasteiger partial charge is 0.437 e. The van der Waals surface area contributed by atoms with Gasteiger partial charge in [-0.1, -0.05) is 12.1 Å². The van der Waals surface area contributed by atoms with Gasteiger partial charge in [-0.3, -0.25) is 4.98 Å². The van der Waals surface area contributed by atoms with Crippen LogP contribution < -0.4 is 4.74 Å². The van der Waals surface area contributed by atoms with Crippen LogP contribution in [0.2, 0.25) is 0 Å². The van der Waals surface area contributed by atoms with Gasteiger partial charge < -0.3 is 9.47 Å². The number of allylic oxidation sites excluding steroid dienone is 1. The molecule has 0 saturated carbocycles. The molecule has 0 spiro atoms. The first kappa shape index (κ1) is 22.0. The zero-order chi connectivity index (χ0) is 22.3. The maximum absolute atomic E-state index is 13.9. The van der Waals surface area contributed by atoms with E-state index in [1.165, 1.54) is 31.8 Å². The van der Waals surface area contributed by atoms with Gasteiger partial charge in [0.15, 0.2) is 5.65 Å². The van der Waals surface area contributed by atoms with E-state index in [2.05, 4.69) is 31.4 Å². The van der Waals surface area contributed by atoms with Crippen molar-refractivity contribution in [3.05, 3.63) is 79.5 Å². The second-order valence-corrected chi connectivity index (χ2v) is 6.32. The molecule has 0 aliphatic heterocycles. The maximum Gasteiger partial charge on any atom is 0.312 e. The molecule has 0 aliphatic rings. The number of fused-ring (bicyclic) bond motifs is 1. The molecule has 0 saturated heterocycles. The molecule has 0 fully saturated rings. The van der Waals surface area contributed by atoms with Crippen molar-refractivity contribution in [1.82, 2.24) is 24.6 Å². The van der Waals surface area contributed by atoms with Crippen molar-refractivity contribution < 1.29 is 18.3 Å². The monoisotopic (exact) mass is 425 g/mol. The van der Waals surface area contributed by atoms with Crippen LogP contribution in [0.1, 0.15) is 12.6 Å². The highest BCUT2D eigenvalue weighted by molar-refractivity contribution is 5.67. The highest BCUT2D eigenvalue weighted by Gasteiger charge is 2.33. The fourth-order valence-corrected chi connectivity index (χ4v) is 2.74. The summed E-state index contributed by atoms with van der Waals surface area (Å²) in [5.74, 6) is -2.60. The molecule has 7 nitrogen and oxygen atoms in total. The van der Waals surface area contributed by atoms with Gasteiger partial charge in [-0.15, -0.1) is 6.58 Å². The first-order chi connectivity index (χ1) is 15.0. The minimum atomic E-state index is -3.17. The van der Waals surface area contributed by atoms with Crippen molar-refractivity contribution >= 4 is 5.65 Å². The van der Waals surface area contributed by atoms with Crippen LogP contribution in [0.15, 0.2) is 73.8 Å². The van der Waals surface area contributed by atoms with Crippen molar-refractivity contribution in [1.29, 1.82) is 0 Å². The average molecular weight is 425 g/mol. The molecule has 0 N–H and O–H groups in total. The average Bonchev–Trinajstić information content (AvgIpc) is 3.24. The van der Waals surface area contributed by atoms with Crippen LogP contribution in [0.25, 0.3) is 16.9 Å². The number of hydrogen-bond donors (Lipinski definition) is 0. The van der Waals surface area contributed by atoms with E-state index in [0.29, 0.717) is 17.1 Å².